The molecule has 0 bridgehead atoms. The Balaban J connectivity index is 1.89. The molecular formula is C19H21FN2O4S. The third kappa shape index (κ3) is 4.57. The smallest absolute Gasteiger partial charge is 0.337 e. The van der Waals surface area contributed by atoms with Crippen molar-refractivity contribution in [1.29, 1.82) is 0 Å². The fourth-order valence-corrected chi connectivity index (χ4v) is 4.24. The lowest BCUT2D eigenvalue weighted by Gasteiger charge is -2.24. The number of hydrogen-bond donors (Lipinski definition) is 2. The highest BCUT2D eigenvalue weighted by Gasteiger charge is 2.20. The van der Waals surface area contributed by atoms with Gasteiger partial charge < -0.3 is 10.0 Å². The molecule has 1 aliphatic rings. The van der Waals surface area contributed by atoms with Gasteiger partial charge in [0.25, 0.3) is 10.0 Å². The second kappa shape index (κ2) is 7.96. The van der Waals surface area contributed by atoms with Crippen LogP contribution in [0.4, 0.5) is 15.8 Å². The summed E-state index contributed by atoms with van der Waals surface area (Å²) in [5.41, 5.74) is 0.792. The van der Waals surface area contributed by atoms with E-state index in [1.807, 2.05) is 4.90 Å². The van der Waals surface area contributed by atoms with E-state index in [4.69, 9.17) is 0 Å². The number of carbonyl (C=O) groups is 1. The summed E-state index contributed by atoms with van der Waals surface area (Å²) in [4.78, 5) is 13.7. The molecule has 0 atom stereocenters. The van der Waals surface area contributed by atoms with E-state index in [2.05, 4.69) is 4.72 Å². The molecule has 0 spiro atoms. The van der Waals surface area contributed by atoms with Gasteiger partial charge in [0.1, 0.15) is 5.82 Å². The minimum absolute atomic E-state index is 0.0520. The summed E-state index contributed by atoms with van der Waals surface area (Å²) in [6.45, 7) is 1.56. The van der Waals surface area contributed by atoms with Crippen LogP contribution in [0.3, 0.4) is 0 Å². The molecule has 144 valence electrons. The van der Waals surface area contributed by atoms with Gasteiger partial charge in [-0.1, -0.05) is 12.8 Å². The quantitative estimate of drug-likeness (QED) is 0.810. The standard InChI is InChI=1S/C19H21FN2O4S/c20-14-5-8-16(9-6-14)27(25,26)21-15-7-10-18(17(13-15)19(23)24)22-11-3-1-2-4-12-22/h5-10,13,21H,1-4,11-12H2,(H,23,24). The summed E-state index contributed by atoms with van der Waals surface area (Å²) in [5.74, 6) is -1.65. The summed E-state index contributed by atoms with van der Waals surface area (Å²) >= 11 is 0. The predicted octanol–water partition coefficient (Wildman–Crippen LogP) is 3.71. The molecule has 0 amide bonds. The molecule has 8 heteroatoms. The van der Waals surface area contributed by atoms with Crippen LogP contribution < -0.4 is 9.62 Å². The Kier molecular flexibility index (Phi) is 5.65. The topological polar surface area (TPSA) is 86.7 Å². The molecule has 0 radical (unpaired) electrons. The first-order valence-electron chi connectivity index (χ1n) is 8.77. The van der Waals surface area contributed by atoms with Crippen molar-refractivity contribution >= 4 is 27.4 Å². The lowest BCUT2D eigenvalue weighted by Crippen LogP contribution is -2.26. The zero-order valence-electron chi connectivity index (χ0n) is 14.7. The molecule has 0 saturated carbocycles. The molecule has 3 rings (SSSR count). The van der Waals surface area contributed by atoms with Crippen LogP contribution in [-0.4, -0.2) is 32.6 Å². The number of rotatable bonds is 5. The van der Waals surface area contributed by atoms with Crippen LogP contribution in [0.1, 0.15) is 36.0 Å². The van der Waals surface area contributed by atoms with E-state index < -0.39 is 21.8 Å². The van der Waals surface area contributed by atoms with E-state index in [-0.39, 0.29) is 16.1 Å². The lowest BCUT2D eigenvalue weighted by atomic mass is 10.1. The summed E-state index contributed by atoms with van der Waals surface area (Å²) < 4.78 is 40.2. The second-order valence-electron chi connectivity index (χ2n) is 6.50. The molecule has 0 unspecified atom stereocenters. The van der Waals surface area contributed by atoms with E-state index in [9.17, 15) is 22.7 Å². The number of carboxylic acids is 1. The second-order valence-corrected chi connectivity index (χ2v) is 8.18. The number of anilines is 2. The van der Waals surface area contributed by atoms with Crippen molar-refractivity contribution in [1.82, 2.24) is 0 Å². The lowest BCUT2D eigenvalue weighted by molar-refractivity contribution is 0.0697. The molecule has 2 N–H and O–H groups in total. The van der Waals surface area contributed by atoms with Crippen molar-refractivity contribution in [2.24, 2.45) is 0 Å². The van der Waals surface area contributed by atoms with E-state index in [1.54, 1.807) is 12.1 Å². The number of halogens is 1. The maximum absolute atomic E-state index is 13.0. The van der Waals surface area contributed by atoms with Crippen LogP contribution in [0.25, 0.3) is 0 Å². The van der Waals surface area contributed by atoms with Gasteiger partial charge in [-0.3, -0.25) is 4.72 Å². The van der Waals surface area contributed by atoms with Gasteiger partial charge in [0.15, 0.2) is 0 Å². The highest BCUT2D eigenvalue weighted by atomic mass is 32.2. The van der Waals surface area contributed by atoms with Crippen molar-refractivity contribution < 1.29 is 22.7 Å². The highest BCUT2D eigenvalue weighted by Crippen LogP contribution is 2.28. The van der Waals surface area contributed by atoms with E-state index in [0.717, 1.165) is 63.0 Å². The van der Waals surface area contributed by atoms with E-state index in [1.165, 1.54) is 6.07 Å². The summed E-state index contributed by atoms with van der Waals surface area (Å²) in [5, 5.41) is 9.59. The zero-order valence-corrected chi connectivity index (χ0v) is 15.5. The third-order valence-electron chi connectivity index (χ3n) is 4.55. The van der Waals surface area contributed by atoms with Crippen molar-refractivity contribution in [2.75, 3.05) is 22.7 Å². The number of nitrogens with one attached hydrogen (secondary N) is 1. The van der Waals surface area contributed by atoms with E-state index >= 15 is 0 Å². The van der Waals surface area contributed by atoms with Gasteiger partial charge in [0.05, 0.1) is 16.1 Å². The Labute approximate surface area is 157 Å². The normalized spacial score (nSPS) is 15.2. The molecule has 2 aromatic rings. The zero-order chi connectivity index (χ0) is 19.4. The van der Waals surface area contributed by atoms with Crippen molar-refractivity contribution in [3.05, 3.63) is 53.8 Å². The van der Waals surface area contributed by atoms with Crippen LogP contribution in [0.2, 0.25) is 0 Å². The van der Waals surface area contributed by atoms with Crippen molar-refractivity contribution in [2.45, 2.75) is 30.6 Å². The SMILES string of the molecule is O=C(O)c1cc(NS(=O)(=O)c2ccc(F)cc2)ccc1N1CCCCCC1. The number of nitrogens with zero attached hydrogens (tertiary/aromatic N) is 1. The minimum Gasteiger partial charge on any atom is -0.478 e. The van der Waals surface area contributed by atoms with Crippen LogP contribution in [0.5, 0.6) is 0 Å². The number of hydrogen-bond acceptors (Lipinski definition) is 4. The Bertz CT molecular complexity index is 921. The Morgan fingerprint density at radius 2 is 1.63 bits per heavy atom. The third-order valence-corrected chi connectivity index (χ3v) is 5.95. The van der Waals surface area contributed by atoms with Gasteiger partial charge in [0, 0.05) is 18.8 Å². The maximum atomic E-state index is 13.0. The minimum atomic E-state index is -3.94. The predicted molar refractivity (Wildman–Crippen MR) is 101 cm³/mol. The fourth-order valence-electron chi connectivity index (χ4n) is 3.19. The molecule has 0 aliphatic carbocycles. The largest absolute Gasteiger partial charge is 0.478 e. The van der Waals surface area contributed by atoms with Crippen molar-refractivity contribution in [3.63, 3.8) is 0 Å². The number of sulfonamides is 1. The Morgan fingerprint density at radius 3 is 2.22 bits per heavy atom. The van der Waals surface area contributed by atoms with Crippen LogP contribution in [0.15, 0.2) is 47.4 Å². The fraction of sp³-hybridized carbons (Fsp3) is 0.316. The monoisotopic (exact) mass is 392 g/mol. The van der Waals surface area contributed by atoms with E-state index in [0.29, 0.717) is 5.69 Å². The Hall–Kier alpha value is -2.61. The summed E-state index contributed by atoms with van der Waals surface area (Å²) in [6.07, 6.45) is 4.24. The molecule has 6 nitrogen and oxygen atoms in total. The molecule has 1 aliphatic heterocycles. The highest BCUT2D eigenvalue weighted by molar-refractivity contribution is 7.92. The first kappa shape index (κ1) is 19.2. The average Bonchev–Trinajstić information content (AvgIpc) is 2.91. The van der Waals surface area contributed by atoms with Gasteiger partial charge in [0.2, 0.25) is 0 Å². The molecule has 0 aromatic heterocycles. The molecular weight excluding hydrogens is 371 g/mol. The molecule has 1 saturated heterocycles. The first-order chi connectivity index (χ1) is 12.9. The number of carboxylic acid groups (broad SMARTS) is 1. The first-order valence-corrected chi connectivity index (χ1v) is 10.3. The summed E-state index contributed by atoms with van der Waals surface area (Å²) in [6, 6.07) is 8.93. The van der Waals surface area contributed by atoms with Gasteiger partial charge in [-0.05, 0) is 55.3 Å². The van der Waals surface area contributed by atoms with Gasteiger partial charge in [-0.2, -0.15) is 0 Å². The molecule has 1 fully saturated rings. The maximum Gasteiger partial charge on any atom is 0.337 e. The van der Waals surface area contributed by atoms with Crippen LogP contribution in [0, 0.1) is 5.82 Å². The van der Waals surface area contributed by atoms with Crippen molar-refractivity contribution in [3.8, 4) is 0 Å². The molecule has 1 heterocycles. The van der Waals surface area contributed by atoms with Crippen LogP contribution >= 0.6 is 0 Å². The number of aromatic carboxylic acids is 1. The van der Waals surface area contributed by atoms with Gasteiger partial charge >= 0.3 is 5.97 Å². The Morgan fingerprint density at radius 1 is 1.00 bits per heavy atom. The molecule has 2 aromatic carbocycles. The van der Waals surface area contributed by atoms with Gasteiger partial charge in [-0.15, -0.1) is 0 Å². The number of benzene rings is 2. The van der Waals surface area contributed by atoms with Gasteiger partial charge in [-0.25, -0.2) is 17.6 Å². The summed E-state index contributed by atoms with van der Waals surface area (Å²) in [7, 11) is -3.94. The average molecular weight is 392 g/mol. The van der Waals surface area contributed by atoms with Crippen LogP contribution in [-0.2, 0) is 10.0 Å². The molecule has 27 heavy (non-hydrogen) atoms.